The number of aromatic nitrogens is 2. The molecule has 0 aliphatic carbocycles. The van der Waals surface area contributed by atoms with Gasteiger partial charge in [-0.1, -0.05) is 11.8 Å². The molecule has 2 rings (SSSR count). The van der Waals surface area contributed by atoms with Crippen LogP contribution in [0.2, 0.25) is 0 Å². The van der Waals surface area contributed by atoms with Gasteiger partial charge in [-0.25, -0.2) is 4.98 Å². The van der Waals surface area contributed by atoms with Gasteiger partial charge in [0, 0.05) is 12.4 Å². The Balaban J connectivity index is 1.99. The fourth-order valence-electron chi connectivity index (χ4n) is 1.05. The van der Waals surface area contributed by atoms with Gasteiger partial charge in [0.1, 0.15) is 10.8 Å². The lowest BCUT2D eigenvalue weighted by Gasteiger charge is -1.97. The first-order valence-electron chi connectivity index (χ1n) is 4.28. The van der Waals surface area contributed by atoms with E-state index >= 15 is 0 Å². The number of nitrogens with zero attached hydrogens (tertiary/aromatic N) is 2. The summed E-state index contributed by atoms with van der Waals surface area (Å²) < 4.78 is 5.32. The topological polar surface area (TPSA) is 38.9 Å². The van der Waals surface area contributed by atoms with Crippen LogP contribution in [0.5, 0.6) is 0 Å². The number of hydrogen-bond acceptors (Lipinski definition) is 4. The predicted octanol–water partition coefficient (Wildman–Crippen LogP) is 2.67. The van der Waals surface area contributed by atoms with Crippen molar-refractivity contribution in [1.29, 1.82) is 0 Å². The third-order valence-corrected chi connectivity index (χ3v) is 2.77. The van der Waals surface area contributed by atoms with Gasteiger partial charge < -0.3 is 4.42 Å². The number of aryl methyl sites for hydroxylation is 1. The average Bonchev–Trinajstić information content (AvgIpc) is 2.63. The summed E-state index contributed by atoms with van der Waals surface area (Å²) in [6.07, 6.45) is 6.82. The SMILES string of the molecule is Cc1ccoc1CSc1cnccn1. The van der Waals surface area contributed by atoms with Gasteiger partial charge in [-0.05, 0) is 18.6 Å². The molecule has 3 nitrogen and oxygen atoms in total. The van der Waals surface area contributed by atoms with Crippen molar-refractivity contribution in [1.82, 2.24) is 9.97 Å². The summed E-state index contributed by atoms with van der Waals surface area (Å²) in [5, 5.41) is 0.920. The fourth-order valence-corrected chi connectivity index (χ4v) is 1.90. The Morgan fingerprint density at radius 2 is 2.36 bits per heavy atom. The second-order valence-electron chi connectivity index (χ2n) is 2.86. The summed E-state index contributed by atoms with van der Waals surface area (Å²) >= 11 is 1.62. The summed E-state index contributed by atoms with van der Waals surface area (Å²) in [4.78, 5) is 8.16. The molecule has 0 saturated carbocycles. The minimum absolute atomic E-state index is 0.803. The lowest BCUT2D eigenvalue weighted by molar-refractivity contribution is 0.528. The van der Waals surface area contributed by atoms with E-state index in [4.69, 9.17) is 4.42 Å². The predicted molar refractivity (Wildman–Crippen MR) is 55.0 cm³/mol. The van der Waals surface area contributed by atoms with E-state index in [1.165, 1.54) is 5.56 Å². The molecule has 0 fully saturated rings. The number of thioether (sulfide) groups is 1. The Morgan fingerprint density at radius 3 is 3.00 bits per heavy atom. The van der Waals surface area contributed by atoms with Crippen molar-refractivity contribution in [2.24, 2.45) is 0 Å². The average molecular weight is 206 g/mol. The molecule has 0 N–H and O–H groups in total. The molecule has 2 aromatic heterocycles. The summed E-state index contributed by atoms with van der Waals surface area (Å²) in [6.45, 7) is 2.04. The highest BCUT2D eigenvalue weighted by atomic mass is 32.2. The Kier molecular flexibility index (Phi) is 2.84. The second kappa shape index (κ2) is 4.28. The monoisotopic (exact) mass is 206 g/mol. The van der Waals surface area contributed by atoms with Crippen LogP contribution >= 0.6 is 11.8 Å². The van der Waals surface area contributed by atoms with Crippen molar-refractivity contribution >= 4 is 11.8 Å². The van der Waals surface area contributed by atoms with Gasteiger partial charge in [0.15, 0.2) is 0 Å². The zero-order valence-electron chi connectivity index (χ0n) is 7.80. The van der Waals surface area contributed by atoms with Crippen LogP contribution in [-0.2, 0) is 5.75 Å². The highest BCUT2D eigenvalue weighted by Crippen LogP contribution is 2.21. The van der Waals surface area contributed by atoms with Gasteiger partial charge in [-0.2, -0.15) is 0 Å². The highest BCUT2D eigenvalue weighted by molar-refractivity contribution is 7.98. The van der Waals surface area contributed by atoms with Gasteiger partial charge in [0.25, 0.3) is 0 Å². The van der Waals surface area contributed by atoms with Crippen LogP contribution in [0, 0.1) is 6.92 Å². The van der Waals surface area contributed by atoms with E-state index in [1.54, 1.807) is 36.6 Å². The molecule has 0 bridgehead atoms. The van der Waals surface area contributed by atoms with Crippen molar-refractivity contribution in [2.75, 3.05) is 0 Å². The van der Waals surface area contributed by atoms with Gasteiger partial charge in [0.05, 0.1) is 18.2 Å². The number of furan rings is 1. The van der Waals surface area contributed by atoms with Crippen molar-refractivity contribution in [2.45, 2.75) is 17.7 Å². The molecule has 72 valence electrons. The standard InChI is InChI=1S/C10H10N2OS/c1-8-2-5-13-9(8)7-14-10-6-11-3-4-12-10/h2-6H,7H2,1H3. The molecule has 0 aliphatic heterocycles. The van der Waals surface area contributed by atoms with Crippen LogP contribution in [0.4, 0.5) is 0 Å². The third kappa shape index (κ3) is 2.14. The Labute approximate surface area is 86.6 Å². The van der Waals surface area contributed by atoms with Crippen molar-refractivity contribution in [3.8, 4) is 0 Å². The van der Waals surface area contributed by atoms with Crippen LogP contribution in [0.25, 0.3) is 0 Å². The van der Waals surface area contributed by atoms with E-state index in [0.29, 0.717) is 0 Å². The number of hydrogen-bond donors (Lipinski definition) is 0. The molecule has 0 spiro atoms. The van der Waals surface area contributed by atoms with Crippen LogP contribution in [0.1, 0.15) is 11.3 Å². The lowest BCUT2D eigenvalue weighted by Crippen LogP contribution is -1.83. The molecule has 2 aromatic rings. The molecular weight excluding hydrogens is 196 g/mol. The van der Waals surface area contributed by atoms with Crippen molar-refractivity contribution in [3.05, 3.63) is 42.2 Å². The van der Waals surface area contributed by atoms with Gasteiger partial charge in [0.2, 0.25) is 0 Å². The largest absolute Gasteiger partial charge is 0.468 e. The maximum absolute atomic E-state index is 5.32. The van der Waals surface area contributed by atoms with Gasteiger partial charge in [-0.3, -0.25) is 4.98 Å². The summed E-state index contributed by atoms with van der Waals surface area (Å²) in [7, 11) is 0. The zero-order chi connectivity index (χ0) is 9.80. The highest BCUT2D eigenvalue weighted by Gasteiger charge is 2.03. The molecule has 0 aliphatic rings. The van der Waals surface area contributed by atoms with E-state index in [0.717, 1.165) is 16.5 Å². The maximum Gasteiger partial charge on any atom is 0.116 e. The molecule has 2 heterocycles. The molecule has 0 amide bonds. The summed E-state index contributed by atoms with van der Waals surface area (Å²) in [6, 6.07) is 1.96. The fraction of sp³-hybridized carbons (Fsp3) is 0.200. The third-order valence-electron chi connectivity index (χ3n) is 1.86. The van der Waals surface area contributed by atoms with Gasteiger partial charge >= 0.3 is 0 Å². The van der Waals surface area contributed by atoms with E-state index < -0.39 is 0 Å². The van der Waals surface area contributed by atoms with Crippen LogP contribution in [0.15, 0.2) is 40.4 Å². The second-order valence-corrected chi connectivity index (χ2v) is 3.85. The smallest absolute Gasteiger partial charge is 0.116 e. The van der Waals surface area contributed by atoms with E-state index in [2.05, 4.69) is 9.97 Å². The molecular formula is C10H10N2OS. The quantitative estimate of drug-likeness (QED) is 0.724. The summed E-state index contributed by atoms with van der Waals surface area (Å²) in [5.41, 5.74) is 1.18. The van der Waals surface area contributed by atoms with Crippen LogP contribution in [0.3, 0.4) is 0 Å². The maximum atomic E-state index is 5.32. The minimum Gasteiger partial charge on any atom is -0.468 e. The van der Waals surface area contributed by atoms with Gasteiger partial charge in [-0.15, -0.1) is 0 Å². The van der Waals surface area contributed by atoms with Crippen LogP contribution in [-0.4, -0.2) is 9.97 Å². The summed E-state index contributed by atoms with van der Waals surface area (Å²) in [5.74, 6) is 1.80. The van der Waals surface area contributed by atoms with E-state index in [9.17, 15) is 0 Å². The first-order valence-corrected chi connectivity index (χ1v) is 5.26. The Bertz CT molecular complexity index is 400. The number of rotatable bonds is 3. The minimum atomic E-state index is 0.803. The normalized spacial score (nSPS) is 10.4. The van der Waals surface area contributed by atoms with Crippen LogP contribution < -0.4 is 0 Å². The Hall–Kier alpha value is -1.29. The van der Waals surface area contributed by atoms with E-state index in [-0.39, 0.29) is 0 Å². The molecule has 4 heteroatoms. The first-order chi connectivity index (χ1) is 6.86. The molecule has 14 heavy (non-hydrogen) atoms. The lowest BCUT2D eigenvalue weighted by atomic mass is 10.3. The van der Waals surface area contributed by atoms with Crippen molar-refractivity contribution in [3.63, 3.8) is 0 Å². The van der Waals surface area contributed by atoms with Crippen molar-refractivity contribution < 1.29 is 4.42 Å². The molecule has 0 atom stereocenters. The molecule has 0 radical (unpaired) electrons. The zero-order valence-corrected chi connectivity index (χ0v) is 8.62. The van der Waals surface area contributed by atoms with E-state index in [1.807, 2.05) is 13.0 Å². The molecule has 0 unspecified atom stereocenters. The Morgan fingerprint density at radius 1 is 1.43 bits per heavy atom. The molecule has 0 aromatic carbocycles. The first kappa shape index (κ1) is 9.27. The molecule has 0 saturated heterocycles.